The van der Waals surface area contributed by atoms with Gasteiger partial charge in [-0.25, -0.2) is 4.68 Å². The lowest BCUT2D eigenvalue weighted by atomic mass is 10.0. The van der Waals surface area contributed by atoms with E-state index in [1.54, 1.807) is 18.2 Å². The Hall–Kier alpha value is -2.54. The van der Waals surface area contributed by atoms with E-state index >= 15 is 0 Å². The van der Waals surface area contributed by atoms with Crippen molar-refractivity contribution >= 4 is 34.9 Å². The van der Waals surface area contributed by atoms with Crippen LogP contribution in [0.3, 0.4) is 0 Å². The fourth-order valence-electron chi connectivity index (χ4n) is 3.62. The van der Waals surface area contributed by atoms with Crippen molar-refractivity contribution in [3.05, 3.63) is 35.0 Å². The quantitative estimate of drug-likeness (QED) is 0.785. The molecule has 0 bridgehead atoms. The number of hydrogen-bond acceptors (Lipinski definition) is 4. The molecule has 1 aliphatic heterocycles. The van der Waals surface area contributed by atoms with E-state index in [1.807, 2.05) is 17.7 Å². The standard InChI is InChI=1S/C19H21ClN4O3/c1-11-9-16(24(23-11)13-5-3-4-6-13)22-18(26)19(2)17(25)21-14-10-12(20)7-8-15(14)27-19/h7-10,13H,3-6H2,1-2H3,(H,21,25)(H,22,26). The Kier molecular flexibility index (Phi) is 4.34. The number of rotatable bonds is 3. The number of halogens is 1. The third-order valence-electron chi connectivity index (χ3n) is 5.14. The van der Waals surface area contributed by atoms with Gasteiger partial charge >= 0.3 is 0 Å². The van der Waals surface area contributed by atoms with Crippen molar-refractivity contribution in [1.29, 1.82) is 0 Å². The number of fused-ring (bicyclic) bond motifs is 1. The zero-order valence-corrected chi connectivity index (χ0v) is 16.0. The highest BCUT2D eigenvalue weighted by Gasteiger charge is 2.47. The highest BCUT2D eigenvalue weighted by molar-refractivity contribution is 6.31. The van der Waals surface area contributed by atoms with E-state index in [-0.39, 0.29) is 6.04 Å². The van der Waals surface area contributed by atoms with Gasteiger partial charge in [0.25, 0.3) is 17.4 Å². The number of benzene rings is 1. The van der Waals surface area contributed by atoms with Gasteiger partial charge in [-0.05, 0) is 44.9 Å². The molecule has 27 heavy (non-hydrogen) atoms. The lowest BCUT2D eigenvalue weighted by Crippen LogP contribution is -2.56. The van der Waals surface area contributed by atoms with Gasteiger partial charge in [-0.2, -0.15) is 5.10 Å². The van der Waals surface area contributed by atoms with Crippen molar-refractivity contribution in [2.75, 3.05) is 10.6 Å². The third-order valence-corrected chi connectivity index (χ3v) is 5.38. The van der Waals surface area contributed by atoms with Gasteiger partial charge in [0.1, 0.15) is 11.6 Å². The van der Waals surface area contributed by atoms with Crippen LogP contribution < -0.4 is 15.4 Å². The normalized spacial score (nSPS) is 22.1. The summed E-state index contributed by atoms with van der Waals surface area (Å²) in [5, 5.41) is 10.5. The average molecular weight is 389 g/mol. The molecule has 1 saturated carbocycles. The Morgan fingerprint density at radius 1 is 1.37 bits per heavy atom. The number of aryl methyl sites for hydroxylation is 1. The number of aromatic nitrogens is 2. The number of hydrogen-bond donors (Lipinski definition) is 2. The molecule has 4 rings (SSSR count). The van der Waals surface area contributed by atoms with Gasteiger partial charge < -0.3 is 15.4 Å². The molecule has 1 aliphatic carbocycles. The second-order valence-electron chi connectivity index (χ2n) is 7.24. The summed E-state index contributed by atoms with van der Waals surface area (Å²) in [5.74, 6) is -0.0979. The molecule has 1 atom stereocenters. The molecule has 0 spiro atoms. The van der Waals surface area contributed by atoms with E-state index in [0.717, 1.165) is 31.4 Å². The number of carbonyl (C=O) groups is 2. The van der Waals surface area contributed by atoms with Crippen LogP contribution in [-0.2, 0) is 9.59 Å². The third kappa shape index (κ3) is 3.16. The minimum absolute atomic E-state index is 0.269. The van der Waals surface area contributed by atoms with Crippen LogP contribution in [-0.4, -0.2) is 27.2 Å². The van der Waals surface area contributed by atoms with E-state index < -0.39 is 17.4 Å². The summed E-state index contributed by atoms with van der Waals surface area (Å²) in [7, 11) is 0. The van der Waals surface area contributed by atoms with Gasteiger partial charge in [-0.15, -0.1) is 0 Å². The number of anilines is 2. The molecule has 2 N–H and O–H groups in total. The number of nitrogens with one attached hydrogen (secondary N) is 2. The SMILES string of the molecule is Cc1cc(NC(=O)C2(C)Oc3ccc(Cl)cc3NC2=O)n(C2CCCC2)n1. The first kappa shape index (κ1) is 17.9. The largest absolute Gasteiger partial charge is 0.466 e. The Balaban J connectivity index is 1.60. The Labute approximate surface area is 162 Å². The lowest BCUT2D eigenvalue weighted by molar-refractivity contribution is -0.143. The summed E-state index contributed by atoms with van der Waals surface area (Å²) < 4.78 is 7.64. The highest BCUT2D eigenvalue weighted by atomic mass is 35.5. The van der Waals surface area contributed by atoms with Crippen LogP contribution in [0.1, 0.15) is 44.3 Å². The molecule has 0 radical (unpaired) electrons. The number of ether oxygens (including phenoxy) is 1. The maximum Gasteiger partial charge on any atom is 0.279 e. The fraction of sp³-hybridized carbons (Fsp3) is 0.421. The molecule has 2 aliphatic rings. The van der Waals surface area contributed by atoms with Gasteiger partial charge in [0.05, 0.1) is 17.4 Å². The molecule has 1 fully saturated rings. The summed E-state index contributed by atoms with van der Waals surface area (Å²) in [6.45, 7) is 3.34. The molecule has 1 aromatic carbocycles. The van der Waals surface area contributed by atoms with Gasteiger partial charge in [-0.1, -0.05) is 24.4 Å². The van der Waals surface area contributed by atoms with Crippen LogP contribution in [0.25, 0.3) is 0 Å². The summed E-state index contributed by atoms with van der Waals surface area (Å²) >= 11 is 5.95. The molecule has 2 amide bonds. The average Bonchev–Trinajstić information content (AvgIpc) is 3.26. The second kappa shape index (κ2) is 6.56. The predicted molar refractivity (Wildman–Crippen MR) is 102 cm³/mol. The van der Waals surface area contributed by atoms with Gasteiger partial charge in [-0.3, -0.25) is 9.59 Å². The van der Waals surface area contributed by atoms with Crippen molar-refractivity contribution in [3.8, 4) is 5.75 Å². The molecule has 7 nitrogen and oxygen atoms in total. The van der Waals surface area contributed by atoms with E-state index in [4.69, 9.17) is 16.3 Å². The molecular formula is C19H21ClN4O3. The molecule has 2 aromatic rings. The molecular weight excluding hydrogens is 368 g/mol. The zero-order chi connectivity index (χ0) is 19.2. The smallest absolute Gasteiger partial charge is 0.279 e. The fourth-order valence-corrected chi connectivity index (χ4v) is 3.79. The van der Waals surface area contributed by atoms with E-state index in [2.05, 4.69) is 15.7 Å². The first-order valence-corrected chi connectivity index (χ1v) is 9.42. The van der Waals surface area contributed by atoms with Crippen molar-refractivity contribution in [2.45, 2.75) is 51.2 Å². The van der Waals surface area contributed by atoms with Crippen molar-refractivity contribution in [1.82, 2.24) is 9.78 Å². The van der Waals surface area contributed by atoms with Gasteiger partial charge in [0.2, 0.25) is 0 Å². The van der Waals surface area contributed by atoms with Crippen LogP contribution in [0, 0.1) is 6.92 Å². The number of carbonyl (C=O) groups excluding carboxylic acids is 2. The first-order chi connectivity index (χ1) is 12.9. The Morgan fingerprint density at radius 3 is 2.85 bits per heavy atom. The van der Waals surface area contributed by atoms with Crippen LogP contribution >= 0.6 is 11.6 Å². The van der Waals surface area contributed by atoms with E-state index in [1.165, 1.54) is 6.92 Å². The molecule has 142 valence electrons. The Morgan fingerprint density at radius 2 is 2.11 bits per heavy atom. The van der Waals surface area contributed by atoms with Crippen molar-refractivity contribution in [3.63, 3.8) is 0 Å². The maximum absolute atomic E-state index is 13.0. The van der Waals surface area contributed by atoms with Crippen LogP contribution in [0.15, 0.2) is 24.3 Å². The van der Waals surface area contributed by atoms with Crippen LogP contribution in [0.4, 0.5) is 11.5 Å². The van der Waals surface area contributed by atoms with Crippen LogP contribution in [0.5, 0.6) is 5.75 Å². The predicted octanol–water partition coefficient (Wildman–Crippen LogP) is 3.69. The summed E-state index contributed by atoms with van der Waals surface area (Å²) in [5.41, 5.74) is -0.430. The summed E-state index contributed by atoms with van der Waals surface area (Å²) in [6, 6.07) is 6.95. The molecule has 0 saturated heterocycles. The first-order valence-electron chi connectivity index (χ1n) is 9.04. The van der Waals surface area contributed by atoms with Crippen molar-refractivity contribution in [2.24, 2.45) is 0 Å². The Bertz CT molecular complexity index is 920. The monoisotopic (exact) mass is 388 g/mol. The van der Waals surface area contributed by atoms with E-state index in [0.29, 0.717) is 22.3 Å². The zero-order valence-electron chi connectivity index (χ0n) is 15.2. The minimum atomic E-state index is -1.69. The maximum atomic E-state index is 13.0. The summed E-state index contributed by atoms with van der Waals surface area (Å²) in [4.78, 5) is 25.6. The number of amides is 2. The second-order valence-corrected chi connectivity index (χ2v) is 7.67. The van der Waals surface area contributed by atoms with Gasteiger partial charge in [0.15, 0.2) is 0 Å². The van der Waals surface area contributed by atoms with Gasteiger partial charge in [0, 0.05) is 11.1 Å². The molecule has 1 aromatic heterocycles. The lowest BCUT2D eigenvalue weighted by Gasteiger charge is -2.33. The van der Waals surface area contributed by atoms with E-state index in [9.17, 15) is 9.59 Å². The molecule has 1 unspecified atom stereocenters. The highest BCUT2D eigenvalue weighted by Crippen LogP contribution is 2.37. The summed E-state index contributed by atoms with van der Waals surface area (Å²) in [6.07, 6.45) is 4.37. The van der Waals surface area contributed by atoms with Crippen LogP contribution in [0.2, 0.25) is 5.02 Å². The van der Waals surface area contributed by atoms with Crippen molar-refractivity contribution < 1.29 is 14.3 Å². The topological polar surface area (TPSA) is 85.3 Å². The minimum Gasteiger partial charge on any atom is -0.466 e. The number of nitrogens with zero attached hydrogens (tertiary/aromatic N) is 2. The molecule has 2 heterocycles. The molecule has 8 heteroatoms.